The number of nitrogens with zero attached hydrogens (tertiary/aromatic N) is 3. The van der Waals surface area contributed by atoms with Crippen LogP contribution < -0.4 is 11.5 Å². The number of benzene rings is 1. The average Bonchev–Trinajstić information content (AvgIpc) is 3.07. The number of halogens is 4. The molecule has 7 nitrogen and oxygen atoms in total. The van der Waals surface area contributed by atoms with Crippen molar-refractivity contribution in [3.05, 3.63) is 41.0 Å². The van der Waals surface area contributed by atoms with Crippen molar-refractivity contribution < 1.29 is 22.0 Å². The summed E-state index contributed by atoms with van der Waals surface area (Å²) < 4.78 is 61.1. The van der Waals surface area contributed by atoms with Gasteiger partial charge in [-0.1, -0.05) is 0 Å². The zero-order chi connectivity index (χ0) is 19.5. The van der Waals surface area contributed by atoms with E-state index in [9.17, 15) is 17.6 Å². The van der Waals surface area contributed by atoms with Crippen LogP contribution in [0.4, 0.5) is 29.5 Å². The van der Waals surface area contributed by atoms with Gasteiger partial charge < -0.3 is 20.9 Å². The third kappa shape index (κ3) is 2.71. The minimum Gasteiger partial charge on any atom is -0.460 e. The molecule has 1 aromatic carbocycles. The lowest BCUT2D eigenvalue weighted by atomic mass is 9.96. The topological polar surface area (TPSA) is 120 Å². The Bertz CT molecular complexity index is 1180. The van der Waals surface area contributed by atoms with Crippen LogP contribution in [0.3, 0.4) is 0 Å². The predicted molar refractivity (Wildman–Crippen MR) is 89.3 cm³/mol. The number of nitrogen functional groups attached to an aromatic ring is 2. The largest absolute Gasteiger partial charge is 0.460 e. The summed E-state index contributed by atoms with van der Waals surface area (Å²) >= 11 is 0. The van der Waals surface area contributed by atoms with Gasteiger partial charge in [-0.25, -0.2) is 9.37 Å². The van der Waals surface area contributed by atoms with Crippen LogP contribution in [0.1, 0.15) is 22.9 Å². The van der Waals surface area contributed by atoms with E-state index in [1.165, 1.54) is 13.0 Å². The molecule has 27 heavy (non-hydrogen) atoms. The molecular weight excluding hydrogens is 368 g/mol. The summed E-state index contributed by atoms with van der Waals surface area (Å²) in [6.45, 7) is 1.42. The average molecular weight is 380 g/mol. The van der Waals surface area contributed by atoms with E-state index in [0.717, 1.165) is 12.1 Å². The van der Waals surface area contributed by atoms with Crippen molar-refractivity contribution in [2.45, 2.75) is 19.0 Å². The van der Waals surface area contributed by atoms with E-state index in [-0.39, 0.29) is 33.6 Å². The van der Waals surface area contributed by atoms with Gasteiger partial charge in [-0.05, 0) is 30.7 Å². The van der Waals surface area contributed by atoms with E-state index >= 15 is 0 Å². The molecule has 3 heterocycles. The molecule has 0 aliphatic rings. The van der Waals surface area contributed by atoms with Crippen molar-refractivity contribution in [3.8, 4) is 0 Å². The smallest absolute Gasteiger partial charge is 0.404 e. The maximum Gasteiger partial charge on any atom is 0.404 e. The summed E-state index contributed by atoms with van der Waals surface area (Å²) in [6.07, 6.45) is -4.79. The molecule has 3 aromatic heterocycles. The molecule has 4 rings (SSSR count). The molecule has 4 aromatic rings. The van der Waals surface area contributed by atoms with Gasteiger partial charge in [0.2, 0.25) is 5.95 Å². The van der Waals surface area contributed by atoms with Crippen LogP contribution in [0.2, 0.25) is 0 Å². The highest BCUT2D eigenvalue weighted by Crippen LogP contribution is 2.45. The van der Waals surface area contributed by atoms with Crippen LogP contribution >= 0.6 is 0 Å². The van der Waals surface area contributed by atoms with Crippen LogP contribution in [-0.4, -0.2) is 26.1 Å². The predicted octanol–water partition coefficient (Wildman–Crippen LogP) is 3.41. The number of nitrogens with two attached hydrogens (primary N) is 2. The fraction of sp³-hybridized carbons (Fsp3) is 0.188. The first-order chi connectivity index (χ1) is 12.6. The number of anilines is 2. The lowest BCUT2D eigenvalue weighted by molar-refractivity contribution is -0.144. The van der Waals surface area contributed by atoms with Gasteiger partial charge in [-0.15, -0.1) is 0 Å². The number of rotatable bonds is 2. The van der Waals surface area contributed by atoms with Gasteiger partial charge >= 0.3 is 6.18 Å². The number of hydrogen-bond donors (Lipinski definition) is 3. The van der Waals surface area contributed by atoms with Crippen molar-refractivity contribution in [2.24, 2.45) is 0 Å². The van der Waals surface area contributed by atoms with E-state index in [2.05, 4.69) is 19.9 Å². The fourth-order valence-corrected chi connectivity index (χ4v) is 3.08. The first-order valence-electron chi connectivity index (χ1n) is 7.69. The molecule has 0 aliphatic heterocycles. The van der Waals surface area contributed by atoms with Gasteiger partial charge in [0.05, 0.1) is 5.69 Å². The first-order valence-corrected chi connectivity index (χ1v) is 7.69. The molecule has 5 N–H and O–H groups in total. The van der Waals surface area contributed by atoms with Crippen LogP contribution in [0, 0.1) is 12.7 Å². The van der Waals surface area contributed by atoms with Gasteiger partial charge in [0, 0.05) is 5.39 Å². The summed E-state index contributed by atoms with van der Waals surface area (Å²) in [5.41, 5.74) is 10.7. The molecule has 0 fully saturated rings. The second-order valence-electron chi connectivity index (χ2n) is 5.99. The minimum atomic E-state index is -4.79. The zero-order valence-electron chi connectivity index (χ0n) is 13.7. The fourth-order valence-electron chi connectivity index (χ4n) is 3.08. The second-order valence-corrected chi connectivity index (χ2v) is 5.99. The summed E-state index contributed by atoms with van der Waals surface area (Å²) in [5, 5.41) is 0.238. The molecule has 0 aliphatic carbocycles. The molecular formula is C16H12F4N6O. The number of alkyl halides is 3. The summed E-state index contributed by atoms with van der Waals surface area (Å²) in [6, 6.07) is 3.49. The molecule has 0 saturated carbocycles. The number of aromatic nitrogens is 4. The number of hydrogen-bond acceptors (Lipinski definition) is 6. The molecule has 0 saturated heterocycles. The Balaban J connectivity index is 2.04. The van der Waals surface area contributed by atoms with Crippen LogP contribution in [0.15, 0.2) is 22.6 Å². The van der Waals surface area contributed by atoms with E-state index in [0.29, 0.717) is 0 Å². The van der Waals surface area contributed by atoms with Gasteiger partial charge in [0.1, 0.15) is 22.7 Å². The third-order valence-corrected chi connectivity index (χ3v) is 4.21. The molecule has 11 heteroatoms. The van der Waals surface area contributed by atoms with Crippen molar-refractivity contribution in [2.75, 3.05) is 11.5 Å². The van der Waals surface area contributed by atoms with E-state index in [4.69, 9.17) is 15.9 Å². The lowest BCUT2D eigenvalue weighted by Gasteiger charge is -2.19. The number of aromatic amines is 1. The number of H-pyrrole nitrogens is 1. The van der Waals surface area contributed by atoms with Crippen LogP contribution in [-0.2, 0) is 0 Å². The zero-order valence-corrected chi connectivity index (χ0v) is 13.7. The maximum absolute atomic E-state index is 14.0. The van der Waals surface area contributed by atoms with Crippen molar-refractivity contribution in [1.82, 2.24) is 19.9 Å². The Hall–Kier alpha value is -3.37. The van der Waals surface area contributed by atoms with Gasteiger partial charge in [-0.2, -0.15) is 23.1 Å². The van der Waals surface area contributed by atoms with Crippen LogP contribution in [0.5, 0.6) is 0 Å². The van der Waals surface area contributed by atoms with Gasteiger partial charge in [0.15, 0.2) is 17.5 Å². The van der Waals surface area contributed by atoms with E-state index < -0.39 is 35.3 Å². The summed E-state index contributed by atoms with van der Waals surface area (Å²) in [7, 11) is 0. The first kappa shape index (κ1) is 17.1. The monoisotopic (exact) mass is 380 g/mol. The molecule has 140 valence electrons. The summed E-state index contributed by atoms with van der Waals surface area (Å²) in [4.78, 5) is 13.9. The highest BCUT2D eigenvalue weighted by atomic mass is 19.4. The number of imidazole rings is 1. The number of nitrogens with one attached hydrogen (secondary N) is 1. The normalized spacial score (nSPS) is 13.5. The SMILES string of the molecule is Cc1c(C(c2nc(N)nc3nc(N)[nH]c23)C(F)(F)F)oc2ccc(F)cc12. The third-order valence-electron chi connectivity index (χ3n) is 4.21. The quantitative estimate of drug-likeness (QED) is 0.459. The van der Waals surface area contributed by atoms with Gasteiger partial charge in [-0.3, -0.25) is 0 Å². The Labute approximate surface area is 148 Å². The van der Waals surface area contributed by atoms with E-state index in [1.807, 2.05) is 0 Å². The van der Waals surface area contributed by atoms with Crippen molar-refractivity contribution >= 4 is 34.0 Å². The van der Waals surface area contributed by atoms with Gasteiger partial charge in [0.25, 0.3) is 0 Å². The lowest BCUT2D eigenvalue weighted by Crippen LogP contribution is -2.24. The number of fused-ring (bicyclic) bond motifs is 2. The van der Waals surface area contributed by atoms with Crippen molar-refractivity contribution in [1.29, 1.82) is 0 Å². The Morgan fingerprint density at radius 3 is 2.59 bits per heavy atom. The highest BCUT2D eigenvalue weighted by molar-refractivity contribution is 5.83. The summed E-state index contributed by atoms with van der Waals surface area (Å²) in [5.74, 6) is -3.80. The molecule has 0 radical (unpaired) electrons. The minimum absolute atomic E-state index is 0.0935. The Morgan fingerprint density at radius 2 is 1.89 bits per heavy atom. The number of furan rings is 1. The molecule has 0 spiro atoms. The number of aryl methyl sites for hydroxylation is 1. The Kier molecular flexibility index (Phi) is 3.52. The van der Waals surface area contributed by atoms with Crippen LogP contribution in [0.25, 0.3) is 22.1 Å². The van der Waals surface area contributed by atoms with E-state index in [1.54, 1.807) is 0 Å². The Morgan fingerprint density at radius 1 is 1.15 bits per heavy atom. The molecule has 1 atom stereocenters. The highest BCUT2D eigenvalue weighted by Gasteiger charge is 2.47. The molecule has 0 amide bonds. The van der Waals surface area contributed by atoms with Crippen molar-refractivity contribution in [3.63, 3.8) is 0 Å². The maximum atomic E-state index is 14.0. The molecule has 0 bridgehead atoms. The standard InChI is InChI=1S/C16H12F4N6O/c1-5-7-4-6(17)2-3-8(7)27-12(5)9(16(18,19)20)10-11-13(25-14(21)23-10)26-15(22)24-11/h2-4,9H,1H3,(H5,21,22,23,24,25,26). The second kappa shape index (κ2) is 5.56. The molecule has 1 unspecified atom stereocenters.